The Labute approximate surface area is 192 Å². The summed E-state index contributed by atoms with van der Waals surface area (Å²) in [6, 6.07) is 15.3. The van der Waals surface area contributed by atoms with Crippen molar-refractivity contribution in [2.45, 2.75) is 37.8 Å². The number of carboxylic acid groups (broad SMARTS) is 1. The van der Waals surface area contributed by atoms with Gasteiger partial charge in [-0.05, 0) is 35.1 Å². The average molecular weight is 453 g/mol. The second-order valence-corrected chi connectivity index (χ2v) is 8.35. The highest BCUT2D eigenvalue weighted by molar-refractivity contribution is 5.86. The predicted molar refractivity (Wildman–Crippen MR) is 121 cm³/mol. The number of ether oxygens (including phenoxy) is 2. The van der Waals surface area contributed by atoms with Gasteiger partial charge in [0, 0.05) is 25.0 Å². The molecule has 2 amide bonds. The molecule has 3 N–H and O–H groups in total. The van der Waals surface area contributed by atoms with E-state index in [0.29, 0.717) is 13.0 Å². The van der Waals surface area contributed by atoms with E-state index in [4.69, 9.17) is 14.6 Å². The van der Waals surface area contributed by atoms with Gasteiger partial charge in [-0.2, -0.15) is 0 Å². The van der Waals surface area contributed by atoms with Gasteiger partial charge >= 0.3 is 12.1 Å². The molecule has 0 aromatic heterocycles. The molecule has 1 fully saturated rings. The highest BCUT2D eigenvalue weighted by atomic mass is 16.5. The SMILES string of the molecule is CC[C@H](NC(=O)[C@H]1OCC[C@H]1CNC(=O)OCC1c2ccccc2-c2ccccc21)C(=O)O. The molecule has 1 saturated heterocycles. The van der Waals surface area contributed by atoms with Crippen LogP contribution in [0.4, 0.5) is 4.79 Å². The molecule has 1 aliphatic carbocycles. The summed E-state index contributed by atoms with van der Waals surface area (Å²) in [5.41, 5.74) is 4.59. The van der Waals surface area contributed by atoms with Crippen molar-refractivity contribution in [1.29, 1.82) is 0 Å². The number of hydrogen-bond acceptors (Lipinski definition) is 5. The van der Waals surface area contributed by atoms with E-state index in [0.717, 1.165) is 22.3 Å². The number of amides is 2. The normalized spacial score (nSPS) is 19.9. The summed E-state index contributed by atoms with van der Waals surface area (Å²) in [5.74, 6) is -1.84. The standard InChI is InChI=1S/C25H28N2O6/c1-2-21(24(29)30)27-23(28)22-15(11-12-32-22)13-26-25(31)33-14-20-18-9-5-3-7-16(18)17-8-4-6-10-19(17)20/h3-10,15,20-22H,2,11-14H2,1H3,(H,26,31)(H,27,28)(H,29,30)/t15-,21-,22-/m0/s1. The van der Waals surface area contributed by atoms with Crippen LogP contribution in [-0.4, -0.2) is 55.0 Å². The number of rotatable bonds is 8. The maximum absolute atomic E-state index is 12.5. The topological polar surface area (TPSA) is 114 Å². The van der Waals surface area contributed by atoms with Gasteiger partial charge in [0.05, 0.1) is 0 Å². The van der Waals surface area contributed by atoms with Crippen LogP contribution in [0.5, 0.6) is 0 Å². The van der Waals surface area contributed by atoms with Gasteiger partial charge in [0.2, 0.25) is 5.91 Å². The van der Waals surface area contributed by atoms with Crippen LogP contribution in [-0.2, 0) is 19.1 Å². The smallest absolute Gasteiger partial charge is 0.407 e. The highest BCUT2D eigenvalue weighted by Crippen LogP contribution is 2.44. The minimum absolute atomic E-state index is 0.0292. The number of benzene rings is 2. The third-order valence-electron chi connectivity index (χ3n) is 6.35. The quantitative estimate of drug-likeness (QED) is 0.568. The van der Waals surface area contributed by atoms with Crippen LogP contribution in [0.25, 0.3) is 11.1 Å². The first kappa shape index (κ1) is 22.8. The Kier molecular flexibility index (Phi) is 6.93. The second-order valence-electron chi connectivity index (χ2n) is 8.35. The number of carboxylic acids is 1. The molecule has 1 heterocycles. The van der Waals surface area contributed by atoms with Crippen molar-refractivity contribution in [2.75, 3.05) is 19.8 Å². The van der Waals surface area contributed by atoms with E-state index in [2.05, 4.69) is 34.9 Å². The molecule has 4 rings (SSSR count). The number of fused-ring (bicyclic) bond motifs is 3. The van der Waals surface area contributed by atoms with Crippen molar-refractivity contribution < 1.29 is 29.0 Å². The lowest BCUT2D eigenvalue weighted by Crippen LogP contribution is -2.48. The summed E-state index contributed by atoms with van der Waals surface area (Å²) < 4.78 is 11.0. The summed E-state index contributed by atoms with van der Waals surface area (Å²) in [4.78, 5) is 36.1. The summed E-state index contributed by atoms with van der Waals surface area (Å²) in [6.45, 7) is 2.48. The van der Waals surface area contributed by atoms with Gasteiger partial charge in [0.15, 0.2) is 0 Å². The fourth-order valence-corrected chi connectivity index (χ4v) is 4.59. The Morgan fingerprint density at radius 3 is 2.33 bits per heavy atom. The Hall–Kier alpha value is -3.39. The first-order chi connectivity index (χ1) is 16.0. The van der Waals surface area contributed by atoms with Crippen LogP contribution in [0.15, 0.2) is 48.5 Å². The molecule has 3 atom stereocenters. The lowest BCUT2D eigenvalue weighted by Gasteiger charge is -2.21. The van der Waals surface area contributed by atoms with E-state index in [9.17, 15) is 14.4 Å². The Morgan fingerprint density at radius 1 is 1.09 bits per heavy atom. The number of carbonyl (C=O) groups is 3. The van der Waals surface area contributed by atoms with Crippen LogP contribution >= 0.6 is 0 Å². The largest absolute Gasteiger partial charge is 0.480 e. The number of hydrogen-bond donors (Lipinski definition) is 3. The van der Waals surface area contributed by atoms with Gasteiger partial charge in [-0.1, -0.05) is 55.5 Å². The van der Waals surface area contributed by atoms with Crippen molar-refractivity contribution in [3.05, 3.63) is 59.7 Å². The van der Waals surface area contributed by atoms with Gasteiger partial charge in [0.1, 0.15) is 18.8 Å². The van der Waals surface area contributed by atoms with E-state index >= 15 is 0 Å². The Balaban J connectivity index is 1.31. The van der Waals surface area contributed by atoms with Crippen LogP contribution < -0.4 is 10.6 Å². The molecule has 2 aliphatic rings. The molecule has 8 heteroatoms. The second kappa shape index (κ2) is 10.0. The molecule has 0 saturated carbocycles. The minimum atomic E-state index is -1.09. The average Bonchev–Trinajstić information content (AvgIpc) is 3.42. The zero-order valence-electron chi connectivity index (χ0n) is 18.5. The van der Waals surface area contributed by atoms with E-state index < -0.39 is 30.1 Å². The number of aliphatic carboxylic acids is 1. The van der Waals surface area contributed by atoms with Gasteiger partial charge in [-0.15, -0.1) is 0 Å². The van der Waals surface area contributed by atoms with Gasteiger partial charge in [0.25, 0.3) is 0 Å². The van der Waals surface area contributed by atoms with Crippen LogP contribution in [0, 0.1) is 5.92 Å². The molecule has 2 aromatic carbocycles. The minimum Gasteiger partial charge on any atom is -0.480 e. The van der Waals surface area contributed by atoms with Crippen molar-refractivity contribution in [2.24, 2.45) is 5.92 Å². The molecule has 0 radical (unpaired) electrons. The number of nitrogens with one attached hydrogen (secondary N) is 2. The molecule has 8 nitrogen and oxygen atoms in total. The third kappa shape index (κ3) is 4.85. The first-order valence-corrected chi connectivity index (χ1v) is 11.2. The number of carbonyl (C=O) groups excluding carboxylic acids is 2. The van der Waals surface area contributed by atoms with E-state index in [1.165, 1.54) is 0 Å². The van der Waals surface area contributed by atoms with Crippen LogP contribution in [0.1, 0.15) is 36.8 Å². The Bertz CT molecular complexity index is 994. The van der Waals surface area contributed by atoms with Crippen molar-refractivity contribution >= 4 is 18.0 Å². The van der Waals surface area contributed by atoms with Crippen LogP contribution in [0.2, 0.25) is 0 Å². The monoisotopic (exact) mass is 452 g/mol. The molecule has 33 heavy (non-hydrogen) atoms. The molecule has 174 valence electrons. The predicted octanol–water partition coefficient (Wildman–Crippen LogP) is 2.91. The molecular formula is C25H28N2O6. The van der Waals surface area contributed by atoms with Gasteiger partial charge in [-0.3, -0.25) is 4.79 Å². The van der Waals surface area contributed by atoms with Crippen molar-refractivity contribution in [1.82, 2.24) is 10.6 Å². The molecule has 0 unspecified atom stereocenters. The summed E-state index contributed by atoms with van der Waals surface area (Å²) in [7, 11) is 0. The maximum atomic E-state index is 12.5. The molecule has 1 aliphatic heterocycles. The van der Waals surface area contributed by atoms with Crippen LogP contribution in [0.3, 0.4) is 0 Å². The zero-order chi connectivity index (χ0) is 23.4. The molecule has 0 bridgehead atoms. The summed E-state index contributed by atoms with van der Waals surface area (Å²) in [5, 5.41) is 14.4. The maximum Gasteiger partial charge on any atom is 0.407 e. The molecule has 0 spiro atoms. The third-order valence-corrected chi connectivity index (χ3v) is 6.35. The van der Waals surface area contributed by atoms with Gasteiger partial charge in [-0.25, -0.2) is 9.59 Å². The Morgan fingerprint density at radius 2 is 1.73 bits per heavy atom. The van der Waals surface area contributed by atoms with Gasteiger partial charge < -0.3 is 25.2 Å². The van der Waals surface area contributed by atoms with Crippen molar-refractivity contribution in [3.63, 3.8) is 0 Å². The van der Waals surface area contributed by atoms with Crippen molar-refractivity contribution in [3.8, 4) is 11.1 Å². The lowest BCUT2D eigenvalue weighted by atomic mass is 9.98. The first-order valence-electron chi connectivity index (χ1n) is 11.2. The van der Waals surface area contributed by atoms with E-state index in [1.807, 2.05) is 24.3 Å². The fraction of sp³-hybridized carbons (Fsp3) is 0.400. The van der Waals surface area contributed by atoms with E-state index in [-0.39, 0.29) is 31.4 Å². The van der Waals surface area contributed by atoms with E-state index in [1.54, 1.807) is 6.92 Å². The zero-order valence-corrected chi connectivity index (χ0v) is 18.5. The molecule has 2 aromatic rings. The number of alkyl carbamates (subject to hydrolysis) is 1. The highest BCUT2D eigenvalue weighted by Gasteiger charge is 2.36. The lowest BCUT2D eigenvalue weighted by molar-refractivity contribution is -0.144. The molecular weight excluding hydrogens is 424 g/mol. The summed E-state index contributed by atoms with van der Waals surface area (Å²) in [6.07, 6.45) is -0.491. The summed E-state index contributed by atoms with van der Waals surface area (Å²) >= 11 is 0. The fourth-order valence-electron chi connectivity index (χ4n) is 4.59.